The molecule has 22 heavy (non-hydrogen) atoms. The Morgan fingerprint density at radius 2 is 1.86 bits per heavy atom. The number of benzene rings is 1. The topological polar surface area (TPSA) is 69.6 Å². The Labute approximate surface area is 130 Å². The molecule has 1 saturated carbocycles. The molecule has 0 spiro atoms. The van der Waals surface area contributed by atoms with Crippen molar-refractivity contribution in [1.82, 2.24) is 10.2 Å². The quantitative estimate of drug-likeness (QED) is 0.489. The summed E-state index contributed by atoms with van der Waals surface area (Å²) in [5, 5.41) is 12.9. The monoisotopic (exact) mass is 302 g/mol. The van der Waals surface area contributed by atoms with Crippen LogP contribution in [-0.2, 0) is 9.59 Å². The summed E-state index contributed by atoms with van der Waals surface area (Å²) in [6, 6.07) is 6.88. The minimum atomic E-state index is -0.236. The lowest BCUT2D eigenvalue weighted by atomic mass is 9.80. The molecule has 0 radical (unpaired) electrons. The molecule has 0 bridgehead atoms. The Balaban J connectivity index is 2.03. The van der Waals surface area contributed by atoms with Gasteiger partial charge in [0.1, 0.15) is 5.75 Å². The van der Waals surface area contributed by atoms with Crippen LogP contribution in [0.2, 0.25) is 0 Å². The Kier molecular flexibility index (Phi) is 5.33. The molecule has 5 nitrogen and oxygen atoms in total. The average Bonchev–Trinajstić information content (AvgIpc) is 2.45. The summed E-state index contributed by atoms with van der Waals surface area (Å²) in [6.45, 7) is 1.51. The van der Waals surface area contributed by atoms with Gasteiger partial charge in [0.05, 0.1) is 5.57 Å². The van der Waals surface area contributed by atoms with Crippen LogP contribution in [0.1, 0.15) is 24.3 Å². The van der Waals surface area contributed by atoms with Crippen LogP contribution in [0, 0.1) is 0 Å². The molecule has 0 atom stereocenters. The van der Waals surface area contributed by atoms with Crippen molar-refractivity contribution in [2.75, 3.05) is 27.2 Å². The van der Waals surface area contributed by atoms with Crippen molar-refractivity contribution in [3.05, 3.63) is 41.6 Å². The van der Waals surface area contributed by atoms with Gasteiger partial charge in [0.15, 0.2) is 11.6 Å². The van der Waals surface area contributed by atoms with Crippen LogP contribution in [0.5, 0.6) is 5.75 Å². The number of para-hydroxylation sites is 1. The van der Waals surface area contributed by atoms with E-state index in [1.165, 1.54) is 6.20 Å². The van der Waals surface area contributed by atoms with Crippen LogP contribution in [0.15, 0.2) is 36.0 Å². The molecule has 2 N–H and O–H groups in total. The van der Waals surface area contributed by atoms with Crippen molar-refractivity contribution in [2.45, 2.75) is 18.8 Å². The maximum Gasteiger partial charge on any atom is 0.168 e. The van der Waals surface area contributed by atoms with Crippen LogP contribution < -0.4 is 5.32 Å². The summed E-state index contributed by atoms with van der Waals surface area (Å²) in [7, 11) is 3.92. The molecule has 5 heteroatoms. The lowest BCUT2D eigenvalue weighted by Crippen LogP contribution is -2.28. The predicted molar refractivity (Wildman–Crippen MR) is 84.7 cm³/mol. The normalized spacial score (nSPS) is 18.7. The van der Waals surface area contributed by atoms with E-state index >= 15 is 0 Å². The minimum absolute atomic E-state index is 0.143. The van der Waals surface area contributed by atoms with E-state index in [1.807, 2.05) is 19.0 Å². The molecule has 0 aliphatic heterocycles. The highest BCUT2D eigenvalue weighted by Gasteiger charge is 2.32. The predicted octanol–water partition coefficient (Wildman–Crippen LogP) is 1.44. The summed E-state index contributed by atoms with van der Waals surface area (Å²) in [5.41, 5.74) is 0.911. The fourth-order valence-electron chi connectivity index (χ4n) is 2.57. The van der Waals surface area contributed by atoms with E-state index in [2.05, 4.69) is 5.32 Å². The third kappa shape index (κ3) is 3.95. The van der Waals surface area contributed by atoms with Crippen molar-refractivity contribution < 1.29 is 14.7 Å². The summed E-state index contributed by atoms with van der Waals surface area (Å²) in [4.78, 5) is 26.4. The standard InChI is InChI=1S/C17H22N2O3/c1-19(2)8-7-18-11-14-16(21)9-12(10-17(14)22)13-5-3-4-6-15(13)20/h3-6,11-12,18,20H,7-10H2,1-2H3. The smallest absolute Gasteiger partial charge is 0.168 e. The summed E-state index contributed by atoms with van der Waals surface area (Å²) in [6.07, 6.45) is 2.05. The highest BCUT2D eigenvalue weighted by atomic mass is 16.3. The lowest BCUT2D eigenvalue weighted by molar-refractivity contribution is -0.124. The Morgan fingerprint density at radius 1 is 1.23 bits per heavy atom. The second kappa shape index (κ2) is 7.22. The number of likely N-dealkylation sites (N-methyl/N-ethyl adjacent to an activating group) is 1. The maximum atomic E-state index is 12.2. The fraction of sp³-hybridized carbons (Fsp3) is 0.412. The van der Waals surface area contributed by atoms with Gasteiger partial charge >= 0.3 is 0 Å². The molecule has 0 heterocycles. The van der Waals surface area contributed by atoms with Crippen molar-refractivity contribution >= 4 is 11.6 Å². The molecule has 1 aromatic rings. The number of nitrogens with zero attached hydrogens (tertiary/aromatic N) is 1. The van der Waals surface area contributed by atoms with Gasteiger partial charge in [0, 0.05) is 38.0 Å². The number of Topliss-reactive ketones (excluding diaryl/α,β-unsaturated/α-hetero) is 2. The molecular formula is C17H22N2O3. The number of rotatable bonds is 5. The molecule has 0 saturated heterocycles. The zero-order valence-electron chi connectivity index (χ0n) is 13.0. The molecule has 118 valence electrons. The maximum absolute atomic E-state index is 12.2. The van der Waals surface area contributed by atoms with E-state index in [4.69, 9.17) is 0 Å². The van der Waals surface area contributed by atoms with Crippen molar-refractivity contribution in [1.29, 1.82) is 0 Å². The summed E-state index contributed by atoms with van der Waals surface area (Å²) >= 11 is 0. The van der Waals surface area contributed by atoms with Gasteiger partial charge in [-0.25, -0.2) is 0 Å². The Morgan fingerprint density at radius 3 is 2.45 bits per heavy atom. The van der Waals surface area contributed by atoms with Gasteiger partial charge < -0.3 is 15.3 Å². The van der Waals surface area contributed by atoms with Crippen LogP contribution in [-0.4, -0.2) is 48.8 Å². The number of carbonyl (C=O) groups excluding carboxylic acids is 2. The molecule has 0 amide bonds. The molecule has 1 aromatic carbocycles. The SMILES string of the molecule is CN(C)CCNC=C1C(=O)CC(c2ccccc2O)CC1=O. The minimum Gasteiger partial charge on any atom is -0.508 e. The zero-order valence-corrected chi connectivity index (χ0v) is 13.0. The third-order valence-corrected chi connectivity index (χ3v) is 3.79. The summed E-state index contributed by atoms with van der Waals surface area (Å²) < 4.78 is 0. The van der Waals surface area contributed by atoms with E-state index in [0.717, 1.165) is 6.54 Å². The molecule has 2 rings (SSSR count). The molecular weight excluding hydrogens is 280 g/mol. The van der Waals surface area contributed by atoms with Gasteiger partial charge in [0.2, 0.25) is 0 Å². The number of aromatic hydroxyl groups is 1. The van der Waals surface area contributed by atoms with E-state index < -0.39 is 0 Å². The molecule has 0 unspecified atom stereocenters. The number of nitrogens with one attached hydrogen (secondary N) is 1. The Bertz CT molecular complexity index is 573. The summed E-state index contributed by atoms with van der Waals surface area (Å²) in [5.74, 6) is -0.423. The second-order valence-corrected chi connectivity index (χ2v) is 5.83. The van der Waals surface area contributed by atoms with Gasteiger partial charge in [-0.2, -0.15) is 0 Å². The highest BCUT2D eigenvalue weighted by molar-refractivity contribution is 6.22. The first-order chi connectivity index (χ1) is 10.5. The van der Waals surface area contributed by atoms with Gasteiger partial charge in [-0.05, 0) is 25.7 Å². The first-order valence-electron chi connectivity index (χ1n) is 7.41. The van der Waals surface area contributed by atoms with Crippen LogP contribution >= 0.6 is 0 Å². The van der Waals surface area contributed by atoms with E-state index in [0.29, 0.717) is 12.1 Å². The fourth-order valence-corrected chi connectivity index (χ4v) is 2.57. The van der Waals surface area contributed by atoms with Gasteiger partial charge in [-0.15, -0.1) is 0 Å². The van der Waals surface area contributed by atoms with Gasteiger partial charge in [-0.3, -0.25) is 9.59 Å². The average molecular weight is 302 g/mol. The number of phenols is 1. The third-order valence-electron chi connectivity index (χ3n) is 3.79. The van der Waals surface area contributed by atoms with Gasteiger partial charge in [0.25, 0.3) is 0 Å². The van der Waals surface area contributed by atoms with E-state index in [-0.39, 0.29) is 41.6 Å². The van der Waals surface area contributed by atoms with Crippen LogP contribution in [0.3, 0.4) is 0 Å². The number of hydrogen-bond donors (Lipinski definition) is 2. The molecule has 1 fully saturated rings. The molecule has 1 aliphatic carbocycles. The number of phenolic OH excluding ortho intramolecular Hbond substituents is 1. The van der Waals surface area contributed by atoms with Crippen molar-refractivity contribution in [2.24, 2.45) is 0 Å². The number of ketones is 2. The number of carbonyl (C=O) groups is 2. The molecule has 0 aromatic heterocycles. The molecule has 1 aliphatic rings. The second-order valence-electron chi connectivity index (χ2n) is 5.83. The largest absolute Gasteiger partial charge is 0.508 e. The van der Waals surface area contributed by atoms with Crippen LogP contribution in [0.25, 0.3) is 0 Å². The number of hydrogen-bond acceptors (Lipinski definition) is 5. The van der Waals surface area contributed by atoms with Crippen molar-refractivity contribution in [3.8, 4) is 5.75 Å². The highest BCUT2D eigenvalue weighted by Crippen LogP contribution is 2.35. The van der Waals surface area contributed by atoms with E-state index in [9.17, 15) is 14.7 Å². The zero-order chi connectivity index (χ0) is 16.1. The van der Waals surface area contributed by atoms with E-state index in [1.54, 1.807) is 24.3 Å². The Hall–Kier alpha value is -2.14. The van der Waals surface area contributed by atoms with Crippen molar-refractivity contribution in [3.63, 3.8) is 0 Å². The lowest BCUT2D eigenvalue weighted by Gasteiger charge is -2.23. The first-order valence-corrected chi connectivity index (χ1v) is 7.41. The first kappa shape index (κ1) is 16.2. The van der Waals surface area contributed by atoms with Gasteiger partial charge in [-0.1, -0.05) is 18.2 Å². The van der Waals surface area contributed by atoms with Crippen LogP contribution in [0.4, 0.5) is 0 Å². The number of allylic oxidation sites excluding steroid dienone is 1.